The quantitative estimate of drug-likeness (QED) is 0.457. The highest BCUT2D eigenvalue weighted by molar-refractivity contribution is 5.65. The summed E-state index contributed by atoms with van der Waals surface area (Å²) in [6.07, 6.45) is 0. The Morgan fingerprint density at radius 1 is 0.630 bits per heavy atom. The summed E-state index contributed by atoms with van der Waals surface area (Å²) in [5, 5.41) is 0. The van der Waals surface area contributed by atoms with Crippen molar-refractivity contribution in [3.8, 4) is 0 Å². The molecule has 3 aromatic rings. The van der Waals surface area contributed by atoms with E-state index in [-0.39, 0.29) is 5.97 Å². The predicted molar refractivity (Wildman–Crippen MR) is 116 cm³/mol. The minimum atomic E-state index is -0.211. The number of rotatable bonds is 1. The van der Waals surface area contributed by atoms with Crippen LogP contribution >= 0.6 is 0 Å². The van der Waals surface area contributed by atoms with Crippen molar-refractivity contribution < 1.29 is 9.53 Å². The van der Waals surface area contributed by atoms with Gasteiger partial charge in [-0.1, -0.05) is 108 Å². The Labute approximate surface area is 164 Å². The van der Waals surface area contributed by atoms with E-state index in [4.69, 9.17) is 0 Å². The number of carbonyl (C=O) groups excluding carboxylic acids is 1. The normalized spacial score (nSPS) is 8.48. The third-order valence-corrected chi connectivity index (χ3v) is 3.17. The lowest BCUT2D eigenvalue weighted by molar-refractivity contribution is -0.140. The van der Waals surface area contributed by atoms with Crippen molar-refractivity contribution in [2.24, 2.45) is 0 Å². The molecule has 0 fully saturated rings. The van der Waals surface area contributed by atoms with Crippen molar-refractivity contribution in [3.05, 3.63) is 108 Å². The molecule has 0 aliphatic carbocycles. The Morgan fingerprint density at radius 2 is 0.889 bits per heavy atom. The van der Waals surface area contributed by atoms with Crippen LogP contribution in [0.25, 0.3) is 0 Å². The van der Waals surface area contributed by atoms with E-state index in [2.05, 4.69) is 61.9 Å². The molecule has 0 N–H and O–H groups in total. The van der Waals surface area contributed by atoms with Crippen molar-refractivity contribution >= 4 is 5.97 Å². The summed E-state index contributed by atoms with van der Waals surface area (Å²) < 4.78 is 4.40. The molecule has 0 amide bonds. The van der Waals surface area contributed by atoms with Gasteiger partial charge in [-0.25, -0.2) is 0 Å². The summed E-state index contributed by atoms with van der Waals surface area (Å²) in [7, 11) is 0. The number of hydrogen-bond acceptors (Lipinski definition) is 2. The number of esters is 1. The maximum absolute atomic E-state index is 9.82. The molecular weight excluding hydrogens is 332 g/mol. The highest BCUT2D eigenvalue weighted by Crippen LogP contribution is 1.93. The first-order valence-electron chi connectivity index (χ1n) is 9.14. The highest BCUT2D eigenvalue weighted by Gasteiger charge is 1.81. The molecule has 0 spiro atoms. The molecule has 0 bridgehead atoms. The van der Waals surface area contributed by atoms with Gasteiger partial charge < -0.3 is 4.74 Å². The molecule has 0 saturated heterocycles. The van der Waals surface area contributed by atoms with Gasteiger partial charge in [-0.3, -0.25) is 4.79 Å². The molecule has 0 aromatic heterocycles. The monoisotopic (exact) mass is 364 g/mol. The summed E-state index contributed by atoms with van der Waals surface area (Å²) in [4.78, 5) is 9.82. The molecular formula is C25H32O2. The fourth-order valence-corrected chi connectivity index (χ4v) is 1.81. The maximum atomic E-state index is 9.82. The van der Waals surface area contributed by atoms with Crippen LogP contribution in [0.5, 0.6) is 0 Å². The van der Waals surface area contributed by atoms with Crippen LogP contribution in [0.15, 0.2) is 91.0 Å². The first kappa shape index (κ1) is 24.1. The average Bonchev–Trinajstić information content (AvgIpc) is 2.65. The highest BCUT2D eigenvalue weighted by atomic mass is 16.5. The maximum Gasteiger partial charge on any atom is 0.302 e. The first-order valence-corrected chi connectivity index (χ1v) is 9.14. The minimum absolute atomic E-state index is 0.211. The second-order valence-electron chi connectivity index (χ2n) is 5.89. The van der Waals surface area contributed by atoms with Gasteiger partial charge in [-0.05, 0) is 27.7 Å². The van der Waals surface area contributed by atoms with Crippen LogP contribution in [0.1, 0.15) is 30.5 Å². The van der Waals surface area contributed by atoms with Crippen molar-refractivity contribution in [3.63, 3.8) is 0 Å². The van der Waals surface area contributed by atoms with Gasteiger partial charge in [-0.15, -0.1) is 0 Å². The van der Waals surface area contributed by atoms with Crippen molar-refractivity contribution in [1.82, 2.24) is 0 Å². The lowest BCUT2D eigenvalue weighted by atomic mass is 10.2. The summed E-state index contributed by atoms with van der Waals surface area (Å²) in [6, 6.07) is 30.8. The standard InChI is InChI=1S/3C7H8.C4H8O2/c3*1-7-5-3-2-4-6-7;1-3-6-4(2)5/h3*2-6H,1H3;3H2,1-2H3. The number of benzene rings is 3. The lowest BCUT2D eigenvalue weighted by Gasteiger charge is -1.89. The second kappa shape index (κ2) is 16.6. The topological polar surface area (TPSA) is 26.3 Å². The molecule has 0 unspecified atom stereocenters. The molecule has 144 valence electrons. The predicted octanol–water partition coefficient (Wildman–Crippen LogP) is 6.55. The molecule has 27 heavy (non-hydrogen) atoms. The summed E-state index contributed by atoms with van der Waals surface area (Å²) in [6.45, 7) is 9.90. The van der Waals surface area contributed by atoms with E-state index in [1.165, 1.54) is 23.6 Å². The van der Waals surface area contributed by atoms with Gasteiger partial charge in [0.2, 0.25) is 0 Å². The lowest BCUT2D eigenvalue weighted by Crippen LogP contribution is -1.95. The molecule has 0 radical (unpaired) electrons. The van der Waals surface area contributed by atoms with E-state index in [0.717, 1.165) is 0 Å². The molecule has 3 aromatic carbocycles. The van der Waals surface area contributed by atoms with Gasteiger partial charge in [0.05, 0.1) is 6.61 Å². The SMILES string of the molecule is CCOC(C)=O.Cc1ccccc1.Cc1ccccc1.Cc1ccccc1. The van der Waals surface area contributed by atoms with Crippen molar-refractivity contribution in [2.75, 3.05) is 6.61 Å². The van der Waals surface area contributed by atoms with E-state index in [0.29, 0.717) is 6.61 Å². The molecule has 0 heterocycles. The largest absolute Gasteiger partial charge is 0.466 e. The number of hydrogen-bond donors (Lipinski definition) is 0. The van der Waals surface area contributed by atoms with Crippen LogP contribution in [-0.4, -0.2) is 12.6 Å². The summed E-state index contributed by atoms with van der Waals surface area (Å²) in [5.41, 5.74) is 3.97. The fourth-order valence-electron chi connectivity index (χ4n) is 1.81. The summed E-state index contributed by atoms with van der Waals surface area (Å²) in [5.74, 6) is -0.211. The zero-order valence-corrected chi connectivity index (χ0v) is 17.2. The van der Waals surface area contributed by atoms with Crippen LogP contribution in [0, 0.1) is 20.8 Å². The zero-order chi connectivity index (χ0) is 20.3. The molecule has 3 rings (SSSR count). The van der Waals surface area contributed by atoms with Crippen LogP contribution in [0.4, 0.5) is 0 Å². The number of carbonyl (C=O) groups is 1. The van der Waals surface area contributed by atoms with Crippen LogP contribution in [0.3, 0.4) is 0 Å². The zero-order valence-electron chi connectivity index (χ0n) is 17.2. The molecule has 2 nitrogen and oxygen atoms in total. The molecule has 0 atom stereocenters. The smallest absolute Gasteiger partial charge is 0.302 e. The Kier molecular flexibility index (Phi) is 14.8. The van der Waals surface area contributed by atoms with Gasteiger partial charge in [0, 0.05) is 6.92 Å². The van der Waals surface area contributed by atoms with Gasteiger partial charge in [-0.2, -0.15) is 0 Å². The van der Waals surface area contributed by atoms with E-state index < -0.39 is 0 Å². The van der Waals surface area contributed by atoms with Crippen LogP contribution in [-0.2, 0) is 9.53 Å². The summed E-state index contributed by atoms with van der Waals surface area (Å²) >= 11 is 0. The third-order valence-electron chi connectivity index (χ3n) is 3.17. The Bertz CT molecular complexity index is 603. The van der Waals surface area contributed by atoms with E-state index in [1.54, 1.807) is 6.92 Å². The van der Waals surface area contributed by atoms with E-state index >= 15 is 0 Å². The van der Waals surface area contributed by atoms with Gasteiger partial charge in [0.1, 0.15) is 0 Å². The Morgan fingerprint density at radius 3 is 0.963 bits per heavy atom. The van der Waals surface area contributed by atoms with Gasteiger partial charge >= 0.3 is 5.97 Å². The first-order chi connectivity index (χ1) is 13.0. The van der Waals surface area contributed by atoms with Gasteiger partial charge in [0.25, 0.3) is 0 Å². The third kappa shape index (κ3) is 17.7. The number of aryl methyl sites for hydroxylation is 3. The average molecular weight is 365 g/mol. The Balaban J connectivity index is 0.000000335. The molecule has 0 aliphatic heterocycles. The van der Waals surface area contributed by atoms with Crippen LogP contribution in [0.2, 0.25) is 0 Å². The molecule has 0 saturated carbocycles. The minimum Gasteiger partial charge on any atom is -0.466 e. The van der Waals surface area contributed by atoms with E-state index in [9.17, 15) is 4.79 Å². The van der Waals surface area contributed by atoms with Crippen molar-refractivity contribution in [1.29, 1.82) is 0 Å². The van der Waals surface area contributed by atoms with Gasteiger partial charge in [0.15, 0.2) is 0 Å². The Hall–Kier alpha value is -2.87. The second-order valence-corrected chi connectivity index (χ2v) is 5.89. The fraction of sp³-hybridized carbons (Fsp3) is 0.240. The van der Waals surface area contributed by atoms with E-state index in [1.807, 2.05) is 54.6 Å². The molecule has 0 aliphatic rings. The number of ether oxygens (including phenoxy) is 1. The molecule has 2 heteroatoms. The van der Waals surface area contributed by atoms with Crippen molar-refractivity contribution in [2.45, 2.75) is 34.6 Å². The van der Waals surface area contributed by atoms with Crippen LogP contribution < -0.4 is 0 Å².